The third-order valence-electron chi connectivity index (χ3n) is 4.39. The monoisotopic (exact) mass is 376 g/mol. The Kier molecular flexibility index (Phi) is 6.55. The van der Waals surface area contributed by atoms with Crippen LogP contribution in [0.1, 0.15) is 49.9 Å². The number of nitrogens with one attached hydrogen (secondary N) is 1. The quantitative estimate of drug-likeness (QED) is 0.424. The van der Waals surface area contributed by atoms with Crippen LogP contribution in [0.25, 0.3) is 0 Å². The van der Waals surface area contributed by atoms with Crippen molar-refractivity contribution in [1.82, 2.24) is 10.2 Å². The molecule has 1 saturated heterocycles. The highest BCUT2D eigenvalue weighted by atomic mass is 16.5. The molecular formula is C19H24N2O6. The first kappa shape index (κ1) is 20.4. The highest BCUT2D eigenvalue weighted by Crippen LogP contribution is 2.28. The molecule has 0 aromatic heterocycles. The first-order valence-corrected chi connectivity index (χ1v) is 8.90. The number of rotatable bonds is 8. The molecule has 1 N–H and O–H groups in total. The van der Waals surface area contributed by atoms with Crippen LogP contribution in [-0.4, -0.2) is 48.0 Å². The minimum absolute atomic E-state index is 0.202. The molecule has 2 rings (SSSR count). The van der Waals surface area contributed by atoms with E-state index in [0.29, 0.717) is 18.4 Å². The van der Waals surface area contributed by atoms with Gasteiger partial charge in [0.1, 0.15) is 17.8 Å². The van der Waals surface area contributed by atoms with E-state index in [2.05, 4.69) is 10.1 Å². The van der Waals surface area contributed by atoms with E-state index >= 15 is 0 Å². The molecule has 1 aliphatic heterocycles. The first-order valence-electron chi connectivity index (χ1n) is 8.90. The van der Waals surface area contributed by atoms with Gasteiger partial charge in [-0.05, 0) is 37.1 Å². The Hall–Kier alpha value is -2.90. The second-order valence-electron chi connectivity index (χ2n) is 6.39. The number of imide groups is 1. The van der Waals surface area contributed by atoms with Gasteiger partial charge in [-0.15, -0.1) is 0 Å². The summed E-state index contributed by atoms with van der Waals surface area (Å²) in [5.41, 5.74) is -0.626. The van der Waals surface area contributed by atoms with Crippen LogP contribution >= 0.6 is 0 Å². The number of nitrogens with zero attached hydrogens (tertiary/aromatic N) is 1. The number of benzene rings is 1. The molecule has 1 aliphatic rings. The Balaban J connectivity index is 2.03. The van der Waals surface area contributed by atoms with Crippen LogP contribution in [0.4, 0.5) is 4.79 Å². The van der Waals surface area contributed by atoms with Crippen molar-refractivity contribution in [3.8, 4) is 5.75 Å². The number of carbonyl (C=O) groups is 4. The van der Waals surface area contributed by atoms with Gasteiger partial charge in [-0.2, -0.15) is 0 Å². The van der Waals surface area contributed by atoms with Gasteiger partial charge < -0.3 is 14.8 Å². The van der Waals surface area contributed by atoms with Crippen LogP contribution in [0.2, 0.25) is 0 Å². The lowest BCUT2D eigenvalue weighted by Crippen LogP contribution is -2.47. The lowest BCUT2D eigenvalue weighted by atomic mass is 9.88. The molecule has 0 atom stereocenters. The maximum atomic E-state index is 12.7. The Morgan fingerprint density at radius 1 is 1.07 bits per heavy atom. The van der Waals surface area contributed by atoms with Crippen LogP contribution in [0.3, 0.4) is 0 Å². The Bertz CT molecular complexity index is 722. The minimum atomic E-state index is -0.941. The topological polar surface area (TPSA) is 102 Å². The minimum Gasteiger partial charge on any atom is -0.465 e. The Morgan fingerprint density at radius 3 is 2.19 bits per heavy atom. The molecule has 3 amide bonds. The van der Waals surface area contributed by atoms with Crippen molar-refractivity contribution < 1.29 is 28.7 Å². The molecule has 8 nitrogen and oxygen atoms in total. The second kappa shape index (κ2) is 8.66. The van der Waals surface area contributed by atoms with E-state index < -0.39 is 36.0 Å². The van der Waals surface area contributed by atoms with E-state index in [-0.39, 0.29) is 5.75 Å². The molecule has 0 aliphatic carbocycles. The molecule has 1 aromatic rings. The Labute approximate surface area is 157 Å². The van der Waals surface area contributed by atoms with E-state index in [1.807, 2.05) is 13.8 Å². The predicted molar refractivity (Wildman–Crippen MR) is 96.2 cm³/mol. The fraction of sp³-hybridized carbons (Fsp3) is 0.474. The number of urea groups is 1. The fourth-order valence-corrected chi connectivity index (χ4v) is 3.21. The number of hydrogen-bond acceptors (Lipinski definition) is 6. The van der Waals surface area contributed by atoms with Gasteiger partial charge >= 0.3 is 18.0 Å². The Morgan fingerprint density at radius 2 is 1.67 bits per heavy atom. The zero-order chi connectivity index (χ0) is 20.0. The molecule has 0 spiro atoms. The molecular weight excluding hydrogens is 352 g/mol. The van der Waals surface area contributed by atoms with Crippen molar-refractivity contribution in [3.05, 3.63) is 29.8 Å². The summed E-state index contributed by atoms with van der Waals surface area (Å²) in [6.45, 7) is 3.40. The lowest BCUT2D eigenvalue weighted by molar-refractivity contribution is -0.141. The average Bonchev–Trinajstić information content (AvgIpc) is 2.86. The number of esters is 2. The molecule has 1 heterocycles. The van der Waals surface area contributed by atoms with Crippen LogP contribution < -0.4 is 10.1 Å². The van der Waals surface area contributed by atoms with Crippen molar-refractivity contribution in [2.75, 3.05) is 13.7 Å². The van der Waals surface area contributed by atoms with Crippen molar-refractivity contribution in [2.45, 2.75) is 45.1 Å². The molecule has 8 heteroatoms. The maximum absolute atomic E-state index is 12.7. The van der Waals surface area contributed by atoms with Crippen LogP contribution in [0, 0.1) is 0 Å². The van der Waals surface area contributed by atoms with Gasteiger partial charge in [-0.25, -0.2) is 14.4 Å². The molecule has 27 heavy (non-hydrogen) atoms. The van der Waals surface area contributed by atoms with Crippen molar-refractivity contribution in [1.29, 1.82) is 0 Å². The van der Waals surface area contributed by atoms with E-state index in [0.717, 1.165) is 17.7 Å². The molecule has 1 fully saturated rings. The summed E-state index contributed by atoms with van der Waals surface area (Å²) in [7, 11) is 1.27. The van der Waals surface area contributed by atoms with Gasteiger partial charge in [0, 0.05) is 0 Å². The van der Waals surface area contributed by atoms with Gasteiger partial charge in [0.05, 0.1) is 12.7 Å². The first-order chi connectivity index (χ1) is 12.9. The third-order valence-corrected chi connectivity index (χ3v) is 4.39. The highest BCUT2D eigenvalue weighted by Gasteiger charge is 2.50. The molecule has 0 saturated carbocycles. The lowest BCUT2D eigenvalue weighted by Gasteiger charge is -2.25. The average molecular weight is 376 g/mol. The molecule has 0 bridgehead atoms. The summed E-state index contributed by atoms with van der Waals surface area (Å²) in [5.74, 6) is -1.44. The van der Waals surface area contributed by atoms with Gasteiger partial charge in [0.25, 0.3) is 5.91 Å². The number of methoxy groups -OCH3 is 1. The molecule has 0 unspecified atom stereocenters. The fourth-order valence-electron chi connectivity index (χ4n) is 3.21. The van der Waals surface area contributed by atoms with Crippen molar-refractivity contribution >= 4 is 23.9 Å². The standard InChI is InChI=1S/C19H24N2O6/c1-4-10-19(11-5-2)17(24)21(18(25)20-19)12-15(22)27-14-8-6-13(7-9-14)16(23)26-3/h6-9H,4-5,10-12H2,1-3H3,(H,20,25). The SMILES string of the molecule is CCCC1(CCC)NC(=O)N(CC(=O)Oc2ccc(C(=O)OC)cc2)C1=O. The summed E-state index contributed by atoms with van der Waals surface area (Å²) in [6, 6.07) is 5.20. The number of amides is 3. The summed E-state index contributed by atoms with van der Waals surface area (Å²) in [5, 5.41) is 2.74. The molecule has 0 radical (unpaired) electrons. The molecule has 146 valence electrons. The zero-order valence-corrected chi connectivity index (χ0v) is 15.7. The highest BCUT2D eigenvalue weighted by molar-refractivity contribution is 6.08. The van der Waals surface area contributed by atoms with E-state index in [9.17, 15) is 19.2 Å². The van der Waals surface area contributed by atoms with E-state index in [1.165, 1.54) is 31.4 Å². The van der Waals surface area contributed by atoms with Gasteiger partial charge in [0.2, 0.25) is 0 Å². The van der Waals surface area contributed by atoms with E-state index in [4.69, 9.17) is 4.74 Å². The van der Waals surface area contributed by atoms with Crippen LogP contribution in [0.15, 0.2) is 24.3 Å². The smallest absolute Gasteiger partial charge is 0.337 e. The third kappa shape index (κ3) is 4.45. The predicted octanol–water partition coefficient (Wildman–Crippen LogP) is 2.27. The zero-order valence-electron chi connectivity index (χ0n) is 15.7. The van der Waals surface area contributed by atoms with Gasteiger partial charge in [-0.1, -0.05) is 26.7 Å². The van der Waals surface area contributed by atoms with Crippen LogP contribution in [0.5, 0.6) is 5.75 Å². The summed E-state index contributed by atoms with van der Waals surface area (Å²) < 4.78 is 9.76. The van der Waals surface area contributed by atoms with Crippen molar-refractivity contribution in [2.24, 2.45) is 0 Å². The van der Waals surface area contributed by atoms with E-state index in [1.54, 1.807) is 0 Å². The number of ether oxygens (including phenoxy) is 2. The van der Waals surface area contributed by atoms with Crippen molar-refractivity contribution in [3.63, 3.8) is 0 Å². The number of hydrogen-bond donors (Lipinski definition) is 1. The van der Waals surface area contributed by atoms with Gasteiger partial charge in [0.15, 0.2) is 0 Å². The summed E-state index contributed by atoms with van der Waals surface area (Å²) in [6.07, 6.45) is 2.51. The summed E-state index contributed by atoms with van der Waals surface area (Å²) >= 11 is 0. The van der Waals surface area contributed by atoms with Crippen LogP contribution in [-0.2, 0) is 14.3 Å². The normalized spacial score (nSPS) is 15.4. The van der Waals surface area contributed by atoms with Gasteiger partial charge in [-0.3, -0.25) is 9.69 Å². The molecule has 1 aromatic carbocycles. The maximum Gasteiger partial charge on any atom is 0.337 e. The second-order valence-corrected chi connectivity index (χ2v) is 6.39. The largest absolute Gasteiger partial charge is 0.465 e. The number of carbonyl (C=O) groups excluding carboxylic acids is 4. The summed E-state index contributed by atoms with van der Waals surface area (Å²) in [4.78, 5) is 49.4.